The Morgan fingerprint density at radius 3 is 2.00 bits per heavy atom. The zero-order valence-corrected chi connectivity index (χ0v) is 9.77. The first-order chi connectivity index (χ1) is 6.40. The lowest BCUT2D eigenvalue weighted by Crippen LogP contribution is -2.06. The highest BCUT2D eigenvalue weighted by molar-refractivity contribution is 6.63. The van der Waals surface area contributed by atoms with Crippen molar-refractivity contribution in [3.8, 4) is 0 Å². The minimum atomic E-state index is -0.979. The van der Waals surface area contributed by atoms with E-state index in [0.717, 1.165) is 0 Å². The van der Waals surface area contributed by atoms with Crippen LogP contribution in [0.5, 0.6) is 0 Å². The number of aliphatic carboxylic acids is 1. The Morgan fingerprint density at radius 2 is 1.71 bits per heavy atom. The SMILES string of the molecule is CCOC(=O)CCC(=O)O.ClC(Cl)Cl. The number of alkyl halides is 3. The fourth-order valence-corrected chi connectivity index (χ4v) is 0.442. The van der Waals surface area contributed by atoms with E-state index in [1.807, 2.05) is 0 Å². The van der Waals surface area contributed by atoms with Gasteiger partial charge in [-0.2, -0.15) is 0 Å². The molecule has 0 unspecified atom stereocenters. The molecule has 0 aromatic rings. The van der Waals surface area contributed by atoms with E-state index in [1.165, 1.54) is 0 Å². The van der Waals surface area contributed by atoms with E-state index in [9.17, 15) is 9.59 Å². The monoisotopic (exact) mass is 264 g/mol. The third kappa shape index (κ3) is 22.6. The molecule has 14 heavy (non-hydrogen) atoms. The first-order valence-electron chi connectivity index (χ1n) is 3.69. The van der Waals surface area contributed by atoms with Crippen LogP contribution in [0.1, 0.15) is 19.8 Å². The lowest BCUT2D eigenvalue weighted by Gasteiger charge is -1.97. The smallest absolute Gasteiger partial charge is 0.306 e. The molecule has 0 aliphatic carbocycles. The Morgan fingerprint density at radius 1 is 1.29 bits per heavy atom. The predicted octanol–water partition coefficient (Wildman–Crippen LogP) is 2.40. The summed E-state index contributed by atoms with van der Waals surface area (Å²) >= 11 is 14.4. The number of hydrogen-bond acceptors (Lipinski definition) is 3. The molecule has 0 aromatic carbocycles. The number of rotatable bonds is 4. The molecule has 4 nitrogen and oxygen atoms in total. The summed E-state index contributed by atoms with van der Waals surface area (Å²) in [5.74, 6) is -1.43. The average molecular weight is 266 g/mol. The quantitative estimate of drug-likeness (QED) is 0.626. The minimum Gasteiger partial charge on any atom is -0.481 e. The van der Waals surface area contributed by atoms with Gasteiger partial charge in [0.25, 0.3) is 0 Å². The van der Waals surface area contributed by atoms with Gasteiger partial charge >= 0.3 is 11.9 Å². The van der Waals surface area contributed by atoms with E-state index in [0.29, 0.717) is 6.61 Å². The van der Waals surface area contributed by atoms with E-state index < -0.39 is 16.2 Å². The molecule has 0 heterocycles. The summed E-state index contributed by atoms with van der Waals surface area (Å²) in [4.78, 5) is 20.4. The highest BCUT2D eigenvalue weighted by Gasteiger charge is 2.04. The molecule has 0 amide bonds. The molecule has 0 atom stereocenters. The molecule has 0 fully saturated rings. The second-order valence-corrected chi connectivity index (χ2v) is 3.93. The molecule has 0 spiro atoms. The number of carbonyl (C=O) groups excluding carboxylic acids is 1. The molecule has 0 rings (SSSR count). The number of carboxylic acids is 1. The molecule has 7 heteroatoms. The average Bonchev–Trinajstić information content (AvgIpc) is 2.00. The van der Waals surface area contributed by atoms with Crippen LogP contribution >= 0.6 is 34.8 Å². The van der Waals surface area contributed by atoms with Gasteiger partial charge in [-0.15, -0.1) is 0 Å². The van der Waals surface area contributed by atoms with Crippen molar-refractivity contribution in [2.45, 2.75) is 24.1 Å². The van der Waals surface area contributed by atoms with Crippen molar-refractivity contribution < 1.29 is 19.4 Å². The van der Waals surface area contributed by atoms with Crippen LogP contribution in [0.4, 0.5) is 0 Å². The Balaban J connectivity index is 0. The normalized spacial score (nSPS) is 8.93. The molecule has 0 radical (unpaired) electrons. The summed E-state index contributed by atoms with van der Waals surface area (Å²) in [6, 6.07) is 0. The molecule has 0 aromatic heterocycles. The van der Waals surface area contributed by atoms with Crippen LogP contribution in [-0.2, 0) is 14.3 Å². The largest absolute Gasteiger partial charge is 0.481 e. The van der Waals surface area contributed by atoms with E-state index in [-0.39, 0.29) is 12.8 Å². The van der Waals surface area contributed by atoms with Gasteiger partial charge in [0.15, 0.2) is 4.30 Å². The molecule has 1 N–H and O–H groups in total. The van der Waals surface area contributed by atoms with Crippen molar-refractivity contribution in [2.75, 3.05) is 6.61 Å². The van der Waals surface area contributed by atoms with E-state index in [4.69, 9.17) is 39.9 Å². The third-order valence-electron chi connectivity index (χ3n) is 0.848. The molecule has 0 aliphatic rings. The fourth-order valence-electron chi connectivity index (χ4n) is 0.442. The highest BCUT2D eigenvalue weighted by atomic mass is 35.6. The highest BCUT2D eigenvalue weighted by Crippen LogP contribution is 2.03. The van der Waals surface area contributed by atoms with Gasteiger partial charge < -0.3 is 9.84 Å². The summed E-state index contributed by atoms with van der Waals surface area (Å²) < 4.78 is 3.74. The summed E-state index contributed by atoms with van der Waals surface area (Å²) in [6.07, 6.45) is -0.192. The molecule has 0 aliphatic heterocycles. The maximum absolute atomic E-state index is 10.5. The maximum Gasteiger partial charge on any atom is 0.306 e. The second kappa shape index (κ2) is 10.9. The van der Waals surface area contributed by atoms with E-state index in [2.05, 4.69) is 4.74 Å². The zero-order valence-electron chi connectivity index (χ0n) is 7.50. The van der Waals surface area contributed by atoms with Crippen LogP contribution in [0, 0.1) is 0 Å². The molecule has 84 valence electrons. The van der Waals surface area contributed by atoms with Gasteiger partial charge in [0.05, 0.1) is 19.4 Å². The topological polar surface area (TPSA) is 63.6 Å². The Labute approximate surface area is 97.1 Å². The third-order valence-corrected chi connectivity index (χ3v) is 0.848. The Bertz CT molecular complexity index is 170. The van der Waals surface area contributed by atoms with Crippen molar-refractivity contribution >= 4 is 46.7 Å². The number of hydrogen-bond donors (Lipinski definition) is 1. The molecular weight excluding hydrogens is 254 g/mol. The molecule has 0 saturated heterocycles. The molecule has 0 bridgehead atoms. The lowest BCUT2D eigenvalue weighted by atomic mass is 10.3. The van der Waals surface area contributed by atoms with E-state index >= 15 is 0 Å². The summed E-state index contributed by atoms with van der Waals surface area (Å²) in [5.41, 5.74) is 0. The molecule has 0 saturated carbocycles. The predicted molar refractivity (Wildman–Crippen MR) is 54.8 cm³/mol. The first-order valence-corrected chi connectivity index (χ1v) is 5.00. The van der Waals surface area contributed by atoms with Crippen LogP contribution in [0.25, 0.3) is 0 Å². The van der Waals surface area contributed by atoms with Crippen LogP contribution in [-0.4, -0.2) is 27.9 Å². The summed E-state index contributed by atoms with van der Waals surface area (Å²) in [5, 5.41) is 8.12. The maximum atomic E-state index is 10.5. The summed E-state index contributed by atoms with van der Waals surface area (Å²) in [6.45, 7) is 1.98. The van der Waals surface area contributed by atoms with Crippen molar-refractivity contribution in [1.29, 1.82) is 0 Å². The number of carbonyl (C=O) groups is 2. The van der Waals surface area contributed by atoms with Gasteiger partial charge in [-0.05, 0) is 6.92 Å². The standard InChI is InChI=1S/C6H10O4.CHCl3/c1-2-10-6(9)4-3-5(7)8;2-1(3)4/h2-4H2,1H3,(H,7,8);1H. The van der Waals surface area contributed by atoms with Crippen LogP contribution in [0.15, 0.2) is 0 Å². The Hall–Kier alpha value is -0.190. The van der Waals surface area contributed by atoms with Gasteiger partial charge in [-0.25, -0.2) is 0 Å². The Kier molecular flexibility index (Phi) is 12.6. The number of halogens is 3. The van der Waals surface area contributed by atoms with Crippen molar-refractivity contribution in [3.63, 3.8) is 0 Å². The van der Waals surface area contributed by atoms with Gasteiger partial charge in [-0.1, -0.05) is 34.8 Å². The number of carboxylic acid groups (broad SMARTS) is 1. The molecular formula is C7H11Cl3O4. The number of esters is 1. The minimum absolute atomic E-state index is 0.0385. The second-order valence-electron chi connectivity index (χ2n) is 1.95. The van der Waals surface area contributed by atoms with Crippen LogP contribution in [0.3, 0.4) is 0 Å². The van der Waals surface area contributed by atoms with Crippen molar-refractivity contribution in [1.82, 2.24) is 0 Å². The van der Waals surface area contributed by atoms with E-state index in [1.54, 1.807) is 6.92 Å². The van der Waals surface area contributed by atoms with Crippen LogP contribution < -0.4 is 0 Å². The lowest BCUT2D eigenvalue weighted by molar-refractivity contribution is -0.147. The van der Waals surface area contributed by atoms with Gasteiger partial charge in [0, 0.05) is 0 Å². The van der Waals surface area contributed by atoms with Crippen molar-refractivity contribution in [3.05, 3.63) is 0 Å². The van der Waals surface area contributed by atoms with Gasteiger partial charge in [0.2, 0.25) is 0 Å². The fraction of sp³-hybridized carbons (Fsp3) is 0.714. The number of ether oxygens (including phenoxy) is 1. The van der Waals surface area contributed by atoms with Gasteiger partial charge in [-0.3, -0.25) is 9.59 Å². The van der Waals surface area contributed by atoms with Crippen molar-refractivity contribution in [2.24, 2.45) is 0 Å². The first kappa shape index (κ1) is 16.2. The summed E-state index contributed by atoms with van der Waals surface area (Å²) in [7, 11) is 0. The van der Waals surface area contributed by atoms with Gasteiger partial charge in [0.1, 0.15) is 0 Å². The zero-order chi connectivity index (χ0) is 11.6. The van der Waals surface area contributed by atoms with Crippen LogP contribution in [0.2, 0.25) is 0 Å².